The molecule has 0 aliphatic carbocycles. The summed E-state index contributed by atoms with van der Waals surface area (Å²) in [6, 6.07) is 18.3. The minimum Gasteiger partial charge on any atom is -0.341 e. The van der Waals surface area contributed by atoms with Crippen LogP contribution in [0.3, 0.4) is 0 Å². The summed E-state index contributed by atoms with van der Waals surface area (Å²) in [7, 11) is 0. The topological polar surface area (TPSA) is 46.5 Å². The Morgan fingerprint density at radius 2 is 1.84 bits per heavy atom. The van der Waals surface area contributed by atoms with Crippen molar-refractivity contribution >= 4 is 26.8 Å². The van der Waals surface area contributed by atoms with Crippen molar-refractivity contribution in [2.24, 2.45) is 0 Å². The van der Waals surface area contributed by atoms with Gasteiger partial charge in [0.1, 0.15) is 0 Å². The Morgan fingerprint density at radius 3 is 2.64 bits per heavy atom. The molecule has 2 aromatic carbocycles. The number of imidazole rings is 1. The first-order valence-electron chi connectivity index (χ1n) is 7.95. The summed E-state index contributed by atoms with van der Waals surface area (Å²) in [4.78, 5) is 4.32. The van der Waals surface area contributed by atoms with Crippen molar-refractivity contribution in [1.82, 2.24) is 14.1 Å². The molecule has 25 heavy (non-hydrogen) atoms. The molecule has 0 radical (unpaired) electrons. The number of halogens is 1. The Labute approximate surface area is 154 Å². The van der Waals surface area contributed by atoms with E-state index in [4.69, 9.17) is 5.26 Å². The number of fused-ring (bicyclic) bond motifs is 1. The lowest BCUT2D eigenvalue weighted by molar-refractivity contribution is 0.698. The molecule has 0 fully saturated rings. The van der Waals surface area contributed by atoms with Gasteiger partial charge in [-0.2, -0.15) is 5.26 Å². The lowest BCUT2D eigenvalue weighted by atomic mass is 10.1. The van der Waals surface area contributed by atoms with Crippen molar-refractivity contribution in [1.29, 1.82) is 5.26 Å². The van der Waals surface area contributed by atoms with Crippen LogP contribution in [0.15, 0.2) is 71.7 Å². The number of aromatic nitrogens is 3. The molecule has 0 aliphatic heterocycles. The van der Waals surface area contributed by atoms with E-state index in [9.17, 15) is 0 Å². The minimum absolute atomic E-state index is 0.680. The molecule has 0 N–H and O–H groups in total. The number of nitrogens with zero attached hydrogens (tertiary/aromatic N) is 4. The highest BCUT2D eigenvalue weighted by Gasteiger charge is 2.07. The predicted molar refractivity (Wildman–Crippen MR) is 101 cm³/mol. The van der Waals surface area contributed by atoms with Crippen LogP contribution in [-0.4, -0.2) is 14.1 Å². The van der Waals surface area contributed by atoms with Crippen LogP contribution in [0.25, 0.3) is 10.9 Å². The summed E-state index contributed by atoms with van der Waals surface area (Å²) in [5.74, 6) is 0. The maximum atomic E-state index is 8.91. The average Bonchev–Trinajstić information content (AvgIpc) is 3.23. The normalized spacial score (nSPS) is 10.9. The number of hydrogen-bond acceptors (Lipinski definition) is 2. The first-order chi connectivity index (χ1) is 12.2. The molecule has 0 unspecified atom stereocenters. The van der Waals surface area contributed by atoms with Gasteiger partial charge in [0.05, 0.1) is 30.2 Å². The van der Waals surface area contributed by atoms with Crippen LogP contribution < -0.4 is 0 Å². The zero-order valence-corrected chi connectivity index (χ0v) is 15.0. The van der Waals surface area contributed by atoms with E-state index in [1.165, 1.54) is 10.9 Å². The second-order valence-electron chi connectivity index (χ2n) is 5.97. The SMILES string of the molecule is N#Cc1ccc(Cn2cncc2Cn2ccc3cc(Br)ccc32)cc1. The van der Waals surface area contributed by atoms with Crippen LogP contribution in [0.1, 0.15) is 16.8 Å². The van der Waals surface area contributed by atoms with E-state index in [-0.39, 0.29) is 0 Å². The third-order valence-corrected chi connectivity index (χ3v) is 4.79. The van der Waals surface area contributed by atoms with Crippen LogP contribution in [-0.2, 0) is 13.1 Å². The fourth-order valence-electron chi connectivity index (χ4n) is 2.99. The van der Waals surface area contributed by atoms with Crippen molar-refractivity contribution in [3.63, 3.8) is 0 Å². The zero-order chi connectivity index (χ0) is 17.2. The Hall–Kier alpha value is -2.84. The fourth-order valence-corrected chi connectivity index (χ4v) is 3.37. The van der Waals surface area contributed by atoms with Crippen molar-refractivity contribution in [3.8, 4) is 6.07 Å². The Kier molecular flexibility index (Phi) is 4.12. The van der Waals surface area contributed by atoms with Crippen molar-refractivity contribution < 1.29 is 0 Å². The quantitative estimate of drug-likeness (QED) is 0.512. The number of benzene rings is 2. The van der Waals surface area contributed by atoms with E-state index >= 15 is 0 Å². The Morgan fingerprint density at radius 1 is 1.00 bits per heavy atom. The summed E-state index contributed by atoms with van der Waals surface area (Å²) in [5, 5.41) is 10.1. The molecule has 0 spiro atoms. The van der Waals surface area contributed by atoms with Gasteiger partial charge in [-0.25, -0.2) is 4.98 Å². The maximum absolute atomic E-state index is 8.91. The minimum atomic E-state index is 0.680. The van der Waals surface area contributed by atoms with Crippen LogP contribution >= 0.6 is 15.9 Å². The van der Waals surface area contributed by atoms with Gasteiger partial charge in [0.15, 0.2) is 0 Å². The summed E-state index contributed by atoms with van der Waals surface area (Å²) in [6.07, 6.45) is 5.88. The highest BCUT2D eigenvalue weighted by molar-refractivity contribution is 9.10. The van der Waals surface area contributed by atoms with E-state index in [1.807, 2.05) is 36.8 Å². The van der Waals surface area contributed by atoms with Gasteiger partial charge in [0, 0.05) is 34.3 Å². The molecule has 2 heterocycles. The van der Waals surface area contributed by atoms with Gasteiger partial charge in [-0.1, -0.05) is 28.1 Å². The number of hydrogen-bond donors (Lipinski definition) is 0. The highest BCUT2D eigenvalue weighted by atomic mass is 79.9. The van der Waals surface area contributed by atoms with Gasteiger partial charge in [0.2, 0.25) is 0 Å². The average molecular weight is 391 g/mol. The van der Waals surface area contributed by atoms with Crippen molar-refractivity contribution in [2.45, 2.75) is 13.1 Å². The van der Waals surface area contributed by atoms with E-state index in [1.54, 1.807) is 0 Å². The fraction of sp³-hybridized carbons (Fsp3) is 0.100. The number of nitriles is 1. The summed E-state index contributed by atoms with van der Waals surface area (Å²) >= 11 is 3.52. The predicted octanol–water partition coefficient (Wildman–Crippen LogP) is 4.57. The van der Waals surface area contributed by atoms with Crippen molar-refractivity contribution in [2.75, 3.05) is 0 Å². The van der Waals surface area contributed by atoms with Crippen molar-refractivity contribution in [3.05, 3.63) is 88.5 Å². The molecule has 4 rings (SSSR count). The summed E-state index contributed by atoms with van der Waals surface area (Å²) in [6.45, 7) is 1.51. The molecule has 0 saturated heterocycles. The zero-order valence-electron chi connectivity index (χ0n) is 13.4. The summed E-state index contributed by atoms with van der Waals surface area (Å²) < 4.78 is 5.46. The smallest absolute Gasteiger partial charge is 0.0991 e. The molecule has 4 aromatic rings. The second-order valence-corrected chi connectivity index (χ2v) is 6.88. The van der Waals surface area contributed by atoms with Gasteiger partial charge in [-0.3, -0.25) is 0 Å². The molecule has 0 saturated carbocycles. The van der Waals surface area contributed by atoms with Crippen LogP contribution in [0, 0.1) is 11.3 Å². The lowest BCUT2D eigenvalue weighted by Crippen LogP contribution is -2.07. The van der Waals surface area contributed by atoms with E-state index in [0.29, 0.717) is 5.56 Å². The maximum Gasteiger partial charge on any atom is 0.0991 e. The number of rotatable bonds is 4. The van der Waals surface area contributed by atoms with E-state index in [2.05, 4.69) is 66.6 Å². The van der Waals surface area contributed by atoms with Gasteiger partial charge in [-0.05, 0) is 42.0 Å². The first-order valence-corrected chi connectivity index (χ1v) is 8.75. The Balaban J connectivity index is 1.59. The standard InChI is InChI=1S/C20H15BrN4/c21-18-5-6-20-17(9-18)7-8-24(20)13-19-11-23-14-25(19)12-16-3-1-15(10-22)2-4-16/h1-9,11,14H,12-13H2. The summed E-state index contributed by atoms with van der Waals surface area (Å²) in [5.41, 5.74) is 4.18. The van der Waals surface area contributed by atoms with Crippen LogP contribution in [0.2, 0.25) is 0 Å². The van der Waals surface area contributed by atoms with Gasteiger partial charge in [-0.15, -0.1) is 0 Å². The highest BCUT2D eigenvalue weighted by Crippen LogP contribution is 2.22. The molecular formula is C20H15BrN4. The molecule has 0 aliphatic rings. The molecule has 0 atom stereocenters. The molecule has 122 valence electrons. The van der Waals surface area contributed by atoms with Gasteiger partial charge >= 0.3 is 0 Å². The Bertz CT molecular complexity index is 1070. The van der Waals surface area contributed by atoms with Crippen LogP contribution in [0.4, 0.5) is 0 Å². The largest absolute Gasteiger partial charge is 0.341 e. The van der Waals surface area contributed by atoms with Gasteiger partial charge < -0.3 is 9.13 Å². The third kappa shape index (κ3) is 3.21. The third-order valence-electron chi connectivity index (χ3n) is 4.30. The molecule has 4 nitrogen and oxygen atoms in total. The first kappa shape index (κ1) is 15.7. The molecular weight excluding hydrogens is 376 g/mol. The monoisotopic (exact) mass is 390 g/mol. The van der Waals surface area contributed by atoms with Gasteiger partial charge in [0.25, 0.3) is 0 Å². The molecule has 2 aromatic heterocycles. The lowest BCUT2D eigenvalue weighted by Gasteiger charge is -2.10. The molecule has 0 bridgehead atoms. The second kappa shape index (κ2) is 6.58. The van der Waals surface area contributed by atoms with E-state index < -0.39 is 0 Å². The van der Waals surface area contributed by atoms with E-state index in [0.717, 1.165) is 28.8 Å². The van der Waals surface area contributed by atoms with Crippen LogP contribution in [0.5, 0.6) is 0 Å². The molecule has 0 amide bonds. The molecule has 5 heteroatoms.